The maximum atomic E-state index is 6.05. The zero-order valence-electron chi connectivity index (χ0n) is 11.7. The zero-order valence-corrected chi connectivity index (χ0v) is 11.7. The number of hydrogen-bond donors (Lipinski definition) is 3. The highest BCUT2D eigenvalue weighted by atomic mass is 16.5. The van der Waals surface area contributed by atoms with Gasteiger partial charge in [0.25, 0.3) is 0 Å². The van der Waals surface area contributed by atoms with Gasteiger partial charge < -0.3 is 10.5 Å². The van der Waals surface area contributed by atoms with Crippen LogP contribution in [0.2, 0.25) is 0 Å². The molecular formula is C14H24N4O. The molecule has 1 saturated carbocycles. The minimum absolute atomic E-state index is 0.126. The number of nitrogen functional groups attached to an aromatic ring is 1. The molecule has 5 nitrogen and oxygen atoms in total. The van der Waals surface area contributed by atoms with E-state index >= 15 is 0 Å². The Morgan fingerprint density at radius 3 is 2.68 bits per heavy atom. The minimum Gasteiger partial charge on any atom is -0.398 e. The van der Waals surface area contributed by atoms with E-state index in [-0.39, 0.29) is 11.6 Å². The number of nitrogens with one attached hydrogen (secondary N) is 1. The Kier molecular flexibility index (Phi) is 4.39. The number of pyridine rings is 1. The van der Waals surface area contributed by atoms with Gasteiger partial charge in [0.1, 0.15) is 0 Å². The van der Waals surface area contributed by atoms with Crippen molar-refractivity contribution in [2.24, 2.45) is 11.8 Å². The SMILES string of the molecule is COC1(C(NN)c2cnccc2N)CCC(C)CC1. The van der Waals surface area contributed by atoms with Crippen molar-refractivity contribution >= 4 is 5.69 Å². The molecule has 5 heteroatoms. The first kappa shape index (κ1) is 14.2. The highest BCUT2D eigenvalue weighted by Crippen LogP contribution is 2.43. The molecule has 1 aromatic heterocycles. The van der Waals surface area contributed by atoms with Crippen LogP contribution in [-0.4, -0.2) is 17.7 Å². The molecule has 5 N–H and O–H groups in total. The van der Waals surface area contributed by atoms with Gasteiger partial charge in [-0.15, -0.1) is 0 Å². The number of anilines is 1. The third-order valence-corrected chi connectivity index (χ3v) is 4.42. The Balaban J connectivity index is 2.32. The van der Waals surface area contributed by atoms with Gasteiger partial charge in [0.2, 0.25) is 0 Å². The number of hydrazine groups is 1. The van der Waals surface area contributed by atoms with Gasteiger partial charge in [-0.3, -0.25) is 10.8 Å². The number of ether oxygens (including phenoxy) is 1. The molecule has 1 atom stereocenters. The first-order valence-electron chi connectivity index (χ1n) is 6.83. The molecule has 19 heavy (non-hydrogen) atoms. The molecule has 106 valence electrons. The molecule has 1 unspecified atom stereocenters. The fourth-order valence-corrected chi connectivity index (χ4v) is 3.05. The fraction of sp³-hybridized carbons (Fsp3) is 0.643. The molecule has 0 saturated heterocycles. The molecule has 2 rings (SSSR count). The van der Waals surface area contributed by atoms with E-state index in [1.807, 2.05) is 0 Å². The number of rotatable bonds is 4. The molecule has 0 amide bonds. The summed E-state index contributed by atoms with van der Waals surface area (Å²) in [6, 6.07) is 1.67. The Bertz CT molecular complexity index is 416. The molecule has 1 aliphatic rings. The minimum atomic E-state index is -0.293. The van der Waals surface area contributed by atoms with E-state index in [0.29, 0.717) is 5.69 Å². The molecule has 0 spiro atoms. The van der Waals surface area contributed by atoms with Crippen LogP contribution in [0.25, 0.3) is 0 Å². The maximum absolute atomic E-state index is 6.05. The van der Waals surface area contributed by atoms with Crippen molar-refractivity contribution in [3.63, 3.8) is 0 Å². The molecule has 0 bridgehead atoms. The van der Waals surface area contributed by atoms with Crippen molar-refractivity contribution in [2.75, 3.05) is 12.8 Å². The quantitative estimate of drug-likeness (QED) is 0.570. The summed E-state index contributed by atoms with van der Waals surface area (Å²) in [6.45, 7) is 2.28. The third-order valence-electron chi connectivity index (χ3n) is 4.42. The van der Waals surface area contributed by atoms with E-state index in [2.05, 4.69) is 17.3 Å². The van der Waals surface area contributed by atoms with Crippen LogP contribution in [0.1, 0.15) is 44.2 Å². The van der Waals surface area contributed by atoms with Gasteiger partial charge in [-0.05, 0) is 37.7 Å². The van der Waals surface area contributed by atoms with Crippen molar-refractivity contribution < 1.29 is 4.74 Å². The van der Waals surface area contributed by atoms with Crippen LogP contribution < -0.4 is 17.0 Å². The van der Waals surface area contributed by atoms with Gasteiger partial charge in [-0.25, -0.2) is 5.43 Å². The highest BCUT2D eigenvalue weighted by molar-refractivity contribution is 5.47. The van der Waals surface area contributed by atoms with Gasteiger partial charge in [0.15, 0.2) is 0 Å². The van der Waals surface area contributed by atoms with Crippen LogP contribution in [-0.2, 0) is 4.74 Å². The average molecular weight is 264 g/mol. The predicted octanol–water partition coefficient (Wildman–Crippen LogP) is 1.76. The van der Waals surface area contributed by atoms with Crippen LogP contribution >= 0.6 is 0 Å². The molecule has 0 radical (unpaired) electrons. The normalized spacial score (nSPS) is 29.1. The largest absolute Gasteiger partial charge is 0.398 e. The lowest BCUT2D eigenvalue weighted by Gasteiger charge is -2.44. The smallest absolute Gasteiger partial charge is 0.0887 e. The number of nitrogens with two attached hydrogens (primary N) is 2. The summed E-state index contributed by atoms with van der Waals surface area (Å²) in [5.74, 6) is 6.53. The van der Waals surface area contributed by atoms with Gasteiger partial charge in [0, 0.05) is 30.8 Å². The Morgan fingerprint density at radius 2 is 2.16 bits per heavy atom. The summed E-state index contributed by atoms with van der Waals surface area (Å²) in [4.78, 5) is 4.16. The first-order valence-corrected chi connectivity index (χ1v) is 6.83. The van der Waals surface area contributed by atoms with E-state index in [1.165, 1.54) is 0 Å². The van der Waals surface area contributed by atoms with Crippen LogP contribution in [0, 0.1) is 5.92 Å². The average Bonchev–Trinajstić information content (AvgIpc) is 2.44. The number of aromatic nitrogens is 1. The Morgan fingerprint density at radius 1 is 1.47 bits per heavy atom. The van der Waals surface area contributed by atoms with Gasteiger partial charge >= 0.3 is 0 Å². The number of hydrogen-bond acceptors (Lipinski definition) is 5. The Hall–Kier alpha value is -1.17. The van der Waals surface area contributed by atoms with Crippen molar-refractivity contribution in [1.82, 2.24) is 10.4 Å². The molecule has 1 aliphatic carbocycles. The molecule has 0 aromatic carbocycles. The van der Waals surface area contributed by atoms with E-state index in [1.54, 1.807) is 25.6 Å². The first-order chi connectivity index (χ1) is 9.13. The van der Waals surface area contributed by atoms with Gasteiger partial charge in [-0.1, -0.05) is 6.92 Å². The van der Waals surface area contributed by atoms with Crippen LogP contribution in [0.4, 0.5) is 5.69 Å². The zero-order chi connectivity index (χ0) is 13.9. The molecule has 1 fully saturated rings. The predicted molar refractivity (Wildman–Crippen MR) is 76.1 cm³/mol. The monoisotopic (exact) mass is 264 g/mol. The second kappa shape index (κ2) is 5.86. The maximum Gasteiger partial charge on any atom is 0.0887 e. The summed E-state index contributed by atoms with van der Waals surface area (Å²) in [7, 11) is 1.76. The van der Waals surface area contributed by atoms with E-state index in [4.69, 9.17) is 16.3 Å². The summed E-state index contributed by atoms with van der Waals surface area (Å²) >= 11 is 0. The number of nitrogens with zero attached hydrogens (tertiary/aromatic N) is 1. The number of methoxy groups -OCH3 is 1. The van der Waals surface area contributed by atoms with Crippen molar-refractivity contribution in [1.29, 1.82) is 0 Å². The topological polar surface area (TPSA) is 86.2 Å². The highest BCUT2D eigenvalue weighted by Gasteiger charge is 2.42. The molecule has 0 aliphatic heterocycles. The molecule has 1 heterocycles. The molecular weight excluding hydrogens is 240 g/mol. The summed E-state index contributed by atoms with van der Waals surface area (Å²) in [5, 5.41) is 0. The summed E-state index contributed by atoms with van der Waals surface area (Å²) in [5.41, 5.74) is 10.3. The van der Waals surface area contributed by atoms with E-state index in [0.717, 1.165) is 37.2 Å². The van der Waals surface area contributed by atoms with E-state index < -0.39 is 0 Å². The fourth-order valence-electron chi connectivity index (χ4n) is 3.05. The van der Waals surface area contributed by atoms with Crippen molar-refractivity contribution in [3.8, 4) is 0 Å². The second-order valence-electron chi connectivity index (χ2n) is 5.56. The van der Waals surface area contributed by atoms with Crippen LogP contribution in [0.3, 0.4) is 0 Å². The van der Waals surface area contributed by atoms with Crippen molar-refractivity contribution in [2.45, 2.75) is 44.2 Å². The standard InChI is InChI=1S/C14H24N4O/c1-10-3-6-14(19-2,7-4-10)13(18-16)11-9-17-8-5-12(11)15/h5,8-10,13,18H,3-4,6-7,16H2,1-2H3,(H2,15,17). The summed E-state index contributed by atoms with van der Waals surface area (Å²) in [6.07, 6.45) is 7.72. The van der Waals surface area contributed by atoms with Gasteiger partial charge in [0.05, 0.1) is 11.6 Å². The van der Waals surface area contributed by atoms with Gasteiger partial charge in [-0.2, -0.15) is 0 Å². The summed E-state index contributed by atoms with van der Waals surface area (Å²) < 4.78 is 5.86. The van der Waals surface area contributed by atoms with Crippen LogP contribution in [0.5, 0.6) is 0 Å². The lowest BCUT2D eigenvalue weighted by molar-refractivity contribution is -0.0760. The lowest BCUT2D eigenvalue weighted by Crippen LogP contribution is -2.50. The lowest BCUT2D eigenvalue weighted by atomic mass is 9.73. The third kappa shape index (κ3) is 2.73. The second-order valence-corrected chi connectivity index (χ2v) is 5.56. The molecule has 1 aromatic rings. The van der Waals surface area contributed by atoms with Crippen LogP contribution in [0.15, 0.2) is 18.5 Å². The van der Waals surface area contributed by atoms with E-state index in [9.17, 15) is 0 Å². The van der Waals surface area contributed by atoms with Crippen molar-refractivity contribution in [3.05, 3.63) is 24.0 Å². The Labute approximate surface area is 114 Å².